The molecule has 0 fully saturated rings. The number of rotatable bonds is 2. The van der Waals surface area contributed by atoms with E-state index in [4.69, 9.17) is 4.74 Å². The van der Waals surface area contributed by atoms with E-state index in [2.05, 4.69) is 4.98 Å². The summed E-state index contributed by atoms with van der Waals surface area (Å²) in [6.07, 6.45) is 2.09. The summed E-state index contributed by atoms with van der Waals surface area (Å²) in [5.74, 6) is 0.00551. The van der Waals surface area contributed by atoms with Crippen molar-refractivity contribution in [3.63, 3.8) is 0 Å². The molecule has 0 spiro atoms. The van der Waals surface area contributed by atoms with Gasteiger partial charge in [-0.15, -0.1) is 0 Å². The Hall–Kier alpha value is -1.59. The molecule has 6 nitrogen and oxygen atoms in total. The summed E-state index contributed by atoms with van der Waals surface area (Å²) in [5.41, 5.74) is 0. The van der Waals surface area contributed by atoms with Crippen LogP contribution in [0, 0.1) is 10.1 Å². The van der Waals surface area contributed by atoms with E-state index in [-0.39, 0.29) is 11.9 Å². The Kier molecular flexibility index (Phi) is 1.68. The van der Waals surface area contributed by atoms with Gasteiger partial charge >= 0.3 is 11.8 Å². The van der Waals surface area contributed by atoms with Crippen LogP contribution in [0.3, 0.4) is 0 Å². The number of hydrogen-bond donors (Lipinski definition) is 0. The zero-order valence-electron chi connectivity index (χ0n) is 7.14. The second-order valence-corrected chi connectivity index (χ2v) is 2.91. The van der Waals surface area contributed by atoms with Gasteiger partial charge in [0.25, 0.3) is 0 Å². The lowest BCUT2D eigenvalue weighted by molar-refractivity contribution is -0.392. The number of fused-ring (bicyclic) bond motifs is 1. The molecule has 0 amide bonds. The summed E-state index contributed by atoms with van der Waals surface area (Å²) >= 11 is 0. The van der Waals surface area contributed by atoms with Gasteiger partial charge in [0.15, 0.2) is 0 Å². The summed E-state index contributed by atoms with van der Waals surface area (Å²) < 4.78 is 6.83. The highest BCUT2D eigenvalue weighted by Gasteiger charge is 2.32. The smallest absolute Gasteiger partial charge is 0.391 e. The Morgan fingerprint density at radius 1 is 1.92 bits per heavy atom. The molecular weight excluding hydrogens is 174 g/mol. The van der Waals surface area contributed by atoms with Gasteiger partial charge in [-0.3, -0.25) is 0 Å². The van der Waals surface area contributed by atoms with Crippen molar-refractivity contribution < 1.29 is 9.66 Å². The molecule has 70 valence electrons. The molecule has 0 bridgehead atoms. The van der Waals surface area contributed by atoms with Crippen LogP contribution in [-0.2, 0) is 6.54 Å². The number of ether oxygens (including phenoxy) is 1. The zero-order chi connectivity index (χ0) is 9.42. The number of imidazole rings is 1. The highest BCUT2D eigenvalue weighted by molar-refractivity contribution is 5.24. The van der Waals surface area contributed by atoms with E-state index in [9.17, 15) is 10.1 Å². The highest BCUT2D eigenvalue weighted by atomic mass is 16.6. The molecule has 6 heteroatoms. The summed E-state index contributed by atoms with van der Waals surface area (Å²) in [4.78, 5) is 13.9. The fourth-order valence-corrected chi connectivity index (χ4v) is 1.36. The summed E-state index contributed by atoms with van der Waals surface area (Å²) in [5, 5.41) is 10.5. The first-order valence-electron chi connectivity index (χ1n) is 4.09. The second kappa shape index (κ2) is 2.72. The monoisotopic (exact) mass is 183 g/mol. The lowest BCUT2D eigenvalue weighted by Crippen LogP contribution is -2.13. The minimum Gasteiger partial charge on any atom is -0.440 e. The van der Waals surface area contributed by atoms with Crippen LogP contribution >= 0.6 is 0 Å². The van der Waals surface area contributed by atoms with E-state index in [1.54, 1.807) is 0 Å². The molecule has 2 rings (SSSR count). The van der Waals surface area contributed by atoms with Gasteiger partial charge in [0.1, 0.15) is 18.8 Å². The van der Waals surface area contributed by atoms with Crippen LogP contribution in [0.2, 0.25) is 0 Å². The number of aromatic nitrogens is 2. The lowest BCUT2D eigenvalue weighted by atomic mass is 10.3. The van der Waals surface area contributed by atoms with Crippen molar-refractivity contribution in [1.29, 1.82) is 0 Å². The zero-order valence-corrected chi connectivity index (χ0v) is 7.14. The molecule has 1 aromatic rings. The number of hydrogen-bond acceptors (Lipinski definition) is 4. The largest absolute Gasteiger partial charge is 0.440 e. The van der Waals surface area contributed by atoms with E-state index in [0.717, 1.165) is 6.42 Å². The summed E-state index contributed by atoms with van der Waals surface area (Å²) in [7, 11) is 0. The Morgan fingerprint density at radius 2 is 2.69 bits per heavy atom. The van der Waals surface area contributed by atoms with Gasteiger partial charge in [0.2, 0.25) is 0 Å². The molecule has 1 aromatic heterocycles. The molecule has 0 saturated carbocycles. The third-order valence-electron chi connectivity index (χ3n) is 2.10. The Morgan fingerprint density at radius 3 is 3.31 bits per heavy atom. The van der Waals surface area contributed by atoms with Crippen LogP contribution in [0.5, 0.6) is 6.01 Å². The van der Waals surface area contributed by atoms with Crippen molar-refractivity contribution in [3.05, 3.63) is 16.3 Å². The summed E-state index contributed by atoms with van der Waals surface area (Å²) in [6.45, 7) is 2.51. The van der Waals surface area contributed by atoms with Gasteiger partial charge in [-0.05, 0) is 11.3 Å². The average molecular weight is 183 g/mol. The quantitative estimate of drug-likeness (QED) is 0.505. The average Bonchev–Trinajstić information content (AvgIpc) is 2.59. The third kappa shape index (κ3) is 1.14. The Bertz CT molecular complexity index is 347. The predicted molar refractivity (Wildman–Crippen MR) is 43.6 cm³/mol. The topological polar surface area (TPSA) is 70.2 Å². The third-order valence-corrected chi connectivity index (χ3v) is 2.10. The maximum atomic E-state index is 10.5. The van der Waals surface area contributed by atoms with Crippen molar-refractivity contribution in [2.45, 2.75) is 26.0 Å². The lowest BCUT2D eigenvalue weighted by Gasteiger charge is -2.00. The maximum absolute atomic E-state index is 10.5. The standard InChI is InChI=1S/C7H9N3O3/c1-2-5-4-9-6(10(11)12)3-8-7(9)13-5/h3,5H,2,4H2,1H3. The fraction of sp³-hybridized carbons (Fsp3) is 0.571. The first-order chi connectivity index (χ1) is 6.22. The van der Waals surface area contributed by atoms with Crippen molar-refractivity contribution >= 4 is 5.82 Å². The van der Waals surface area contributed by atoms with Gasteiger partial charge < -0.3 is 14.9 Å². The molecule has 0 aliphatic carbocycles. The minimum atomic E-state index is -0.447. The molecule has 0 aromatic carbocycles. The number of nitrogens with zero attached hydrogens (tertiary/aromatic N) is 3. The molecular formula is C7H9N3O3. The van der Waals surface area contributed by atoms with Crippen LogP contribution in [0.4, 0.5) is 5.82 Å². The van der Waals surface area contributed by atoms with Crippen molar-refractivity contribution in [2.75, 3.05) is 0 Å². The van der Waals surface area contributed by atoms with Gasteiger partial charge in [-0.25, -0.2) is 0 Å². The van der Waals surface area contributed by atoms with E-state index in [0.29, 0.717) is 12.6 Å². The van der Waals surface area contributed by atoms with Crippen molar-refractivity contribution in [3.8, 4) is 6.01 Å². The van der Waals surface area contributed by atoms with Crippen LogP contribution in [0.25, 0.3) is 0 Å². The molecule has 2 heterocycles. The molecule has 0 radical (unpaired) electrons. The van der Waals surface area contributed by atoms with E-state index < -0.39 is 4.92 Å². The Labute approximate surface area is 74.3 Å². The predicted octanol–water partition coefficient (Wildman–Crippen LogP) is 0.962. The van der Waals surface area contributed by atoms with E-state index >= 15 is 0 Å². The first-order valence-corrected chi connectivity index (χ1v) is 4.09. The van der Waals surface area contributed by atoms with Crippen LogP contribution in [0.15, 0.2) is 6.20 Å². The first kappa shape index (κ1) is 8.03. The van der Waals surface area contributed by atoms with E-state index in [1.807, 2.05) is 6.92 Å². The van der Waals surface area contributed by atoms with Crippen molar-refractivity contribution in [2.24, 2.45) is 0 Å². The van der Waals surface area contributed by atoms with Crippen LogP contribution < -0.4 is 4.74 Å². The molecule has 1 unspecified atom stereocenters. The van der Waals surface area contributed by atoms with Gasteiger partial charge in [0.05, 0.1) is 0 Å². The minimum absolute atomic E-state index is 0.00551. The van der Waals surface area contributed by atoms with E-state index in [1.165, 1.54) is 10.8 Å². The Balaban J connectivity index is 2.32. The SMILES string of the molecule is CCC1Cn2c([N+](=O)[O-])cnc2O1. The fourth-order valence-electron chi connectivity index (χ4n) is 1.36. The molecule has 1 aliphatic heterocycles. The molecule has 13 heavy (non-hydrogen) atoms. The second-order valence-electron chi connectivity index (χ2n) is 2.91. The van der Waals surface area contributed by atoms with Gasteiger partial charge in [-0.1, -0.05) is 6.92 Å². The molecule has 1 aliphatic rings. The van der Waals surface area contributed by atoms with Crippen LogP contribution in [-0.4, -0.2) is 20.6 Å². The van der Waals surface area contributed by atoms with Gasteiger partial charge in [-0.2, -0.15) is 9.55 Å². The van der Waals surface area contributed by atoms with Crippen molar-refractivity contribution in [1.82, 2.24) is 9.55 Å². The molecule has 0 saturated heterocycles. The normalized spacial score (nSPS) is 19.6. The number of nitro groups is 1. The maximum Gasteiger partial charge on any atom is 0.391 e. The highest BCUT2D eigenvalue weighted by Crippen LogP contribution is 2.27. The van der Waals surface area contributed by atoms with Gasteiger partial charge in [0, 0.05) is 0 Å². The molecule has 1 atom stereocenters. The molecule has 0 N–H and O–H groups in total. The van der Waals surface area contributed by atoms with Crippen LogP contribution in [0.1, 0.15) is 13.3 Å². The summed E-state index contributed by atoms with van der Waals surface area (Å²) in [6, 6.07) is 0.360.